The van der Waals surface area contributed by atoms with Gasteiger partial charge in [-0.05, 0) is 25.5 Å². The van der Waals surface area contributed by atoms with E-state index in [0.29, 0.717) is 12.2 Å². The van der Waals surface area contributed by atoms with Crippen LogP contribution in [0.2, 0.25) is 0 Å². The maximum atomic E-state index is 14.0. The van der Waals surface area contributed by atoms with E-state index in [1.165, 1.54) is 0 Å². The van der Waals surface area contributed by atoms with E-state index in [1.54, 1.807) is 0 Å². The summed E-state index contributed by atoms with van der Waals surface area (Å²) in [6.45, 7) is 8.47. The Labute approximate surface area is 107 Å². The fraction of sp³-hybridized carbons (Fsp3) is 0.462. The summed E-state index contributed by atoms with van der Waals surface area (Å²) in [5.74, 6) is 0. The predicted octanol–water partition coefficient (Wildman–Crippen LogP) is 2.31. The van der Waals surface area contributed by atoms with E-state index in [1.807, 2.05) is 24.3 Å². The maximum absolute atomic E-state index is 14.0. The summed E-state index contributed by atoms with van der Waals surface area (Å²) in [5, 5.41) is 4.42. The lowest BCUT2D eigenvalue weighted by Crippen LogP contribution is -2.48. The quantitative estimate of drug-likeness (QED) is 0.505. The van der Waals surface area contributed by atoms with Crippen LogP contribution in [-0.2, 0) is 0 Å². The van der Waals surface area contributed by atoms with E-state index in [4.69, 9.17) is 0 Å². The second-order valence-corrected chi connectivity index (χ2v) is 4.62. The van der Waals surface area contributed by atoms with Crippen LogP contribution >= 0.6 is 0 Å². The molecule has 1 aliphatic heterocycles. The molecule has 1 heterocycles. The van der Waals surface area contributed by atoms with Gasteiger partial charge >= 0.3 is 0 Å². The van der Waals surface area contributed by atoms with Gasteiger partial charge in [0.25, 0.3) is 0 Å². The van der Waals surface area contributed by atoms with Gasteiger partial charge in [-0.2, -0.15) is 10.2 Å². The van der Waals surface area contributed by atoms with Gasteiger partial charge in [0.15, 0.2) is 0 Å². The fourth-order valence-electron chi connectivity index (χ4n) is 2.42. The van der Waals surface area contributed by atoms with E-state index in [-0.39, 0.29) is 18.8 Å². The number of nitrogens with one attached hydrogen (secondary N) is 1. The number of hydrogen-bond acceptors (Lipinski definition) is 4. The highest BCUT2D eigenvalue weighted by molar-refractivity contribution is 5.54. The highest BCUT2D eigenvalue weighted by Gasteiger charge is 2.31. The fourth-order valence-corrected chi connectivity index (χ4v) is 2.42. The van der Waals surface area contributed by atoms with Crippen molar-refractivity contribution in [1.29, 1.82) is 0 Å². The average molecular weight is 250 g/mol. The summed E-state index contributed by atoms with van der Waals surface area (Å²) in [6, 6.07) is 7.97. The Hall–Kier alpha value is -1.62. The number of para-hydroxylation sites is 1. The molecule has 0 amide bonds. The number of halogens is 1. The highest BCUT2D eigenvalue weighted by atomic mass is 19.2. The summed E-state index contributed by atoms with van der Waals surface area (Å²) in [5.41, 5.74) is 4.52. The number of hydrazone groups is 1. The molecule has 98 valence electrons. The summed E-state index contributed by atoms with van der Waals surface area (Å²) >= 11 is 0. The third-order valence-electron chi connectivity index (χ3n) is 3.50. The molecular formula is C13H19FN4. The van der Waals surface area contributed by atoms with Gasteiger partial charge in [0.05, 0.1) is 5.69 Å². The lowest BCUT2D eigenvalue weighted by atomic mass is 10.0. The number of anilines is 1. The van der Waals surface area contributed by atoms with Crippen molar-refractivity contribution in [2.45, 2.75) is 25.9 Å². The minimum absolute atomic E-state index is 0.178. The minimum atomic E-state index is 0.178. The largest absolute Gasteiger partial charge is 0.309 e. The van der Waals surface area contributed by atoms with Crippen molar-refractivity contribution in [2.75, 3.05) is 18.3 Å². The van der Waals surface area contributed by atoms with Crippen LogP contribution in [0.5, 0.6) is 0 Å². The van der Waals surface area contributed by atoms with E-state index in [0.717, 1.165) is 10.7 Å². The third-order valence-corrected chi connectivity index (χ3v) is 3.50. The van der Waals surface area contributed by atoms with Gasteiger partial charge in [-0.25, -0.2) is 0 Å². The first-order valence-electron chi connectivity index (χ1n) is 6.11. The molecule has 1 unspecified atom stereocenters. The highest BCUT2D eigenvalue weighted by Crippen LogP contribution is 2.36. The SMILES string of the molecule is C=NNCC(C)N1CN(F)c2ccccc2[C@H]1C. The number of rotatable bonds is 4. The van der Waals surface area contributed by atoms with Crippen molar-refractivity contribution in [2.24, 2.45) is 5.10 Å². The molecule has 2 atom stereocenters. The van der Waals surface area contributed by atoms with Gasteiger partial charge in [0, 0.05) is 25.3 Å². The van der Waals surface area contributed by atoms with E-state index < -0.39 is 0 Å². The predicted molar refractivity (Wildman–Crippen MR) is 72.2 cm³/mol. The molecule has 1 N–H and O–H groups in total. The second-order valence-electron chi connectivity index (χ2n) is 4.62. The van der Waals surface area contributed by atoms with E-state index in [9.17, 15) is 4.48 Å². The van der Waals surface area contributed by atoms with Crippen molar-refractivity contribution in [1.82, 2.24) is 10.3 Å². The first kappa shape index (κ1) is 12.8. The zero-order valence-corrected chi connectivity index (χ0v) is 10.8. The van der Waals surface area contributed by atoms with Gasteiger partial charge in [-0.1, -0.05) is 22.7 Å². The Bertz CT molecular complexity index is 423. The van der Waals surface area contributed by atoms with E-state index in [2.05, 4.69) is 36.0 Å². The Morgan fingerprint density at radius 1 is 1.56 bits per heavy atom. The van der Waals surface area contributed by atoms with Crippen LogP contribution in [-0.4, -0.2) is 30.9 Å². The molecule has 4 nitrogen and oxygen atoms in total. The molecular weight excluding hydrogens is 231 g/mol. The first-order valence-corrected chi connectivity index (χ1v) is 6.11. The van der Waals surface area contributed by atoms with Crippen molar-refractivity contribution in [3.05, 3.63) is 29.8 Å². The van der Waals surface area contributed by atoms with Crippen molar-refractivity contribution < 1.29 is 4.48 Å². The molecule has 1 aromatic carbocycles. The normalized spacial score (nSPS) is 21.3. The molecule has 0 bridgehead atoms. The second kappa shape index (κ2) is 5.35. The van der Waals surface area contributed by atoms with E-state index >= 15 is 0 Å². The molecule has 0 spiro atoms. The zero-order chi connectivity index (χ0) is 13.1. The number of nitrogens with zero attached hydrogens (tertiary/aromatic N) is 3. The molecule has 5 heteroatoms. The van der Waals surface area contributed by atoms with Crippen LogP contribution in [0.1, 0.15) is 25.5 Å². The third kappa shape index (κ3) is 2.31. The van der Waals surface area contributed by atoms with Crippen LogP contribution < -0.4 is 10.5 Å². The van der Waals surface area contributed by atoms with Gasteiger partial charge in [0.1, 0.15) is 6.67 Å². The van der Waals surface area contributed by atoms with Crippen LogP contribution in [0.25, 0.3) is 0 Å². The molecule has 0 saturated heterocycles. The average Bonchev–Trinajstić information content (AvgIpc) is 2.40. The smallest absolute Gasteiger partial charge is 0.103 e. The molecule has 0 fully saturated rings. The van der Waals surface area contributed by atoms with Crippen molar-refractivity contribution >= 4 is 12.4 Å². The summed E-state index contributed by atoms with van der Waals surface area (Å²) in [7, 11) is 0. The number of benzene rings is 1. The molecule has 1 aromatic rings. The minimum Gasteiger partial charge on any atom is -0.309 e. The van der Waals surface area contributed by atoms with Crippen molar-refractivity contribution in [3.8, 4) is 0 Å². The first-order chi connectivity index (χ1) is 8.65. The summed E-state index contributed by atoms with van der Waals surface area (Å²) < 4.78 is 14.0. The molecule has 0 aliphatic carbocycles. The summed E-state index contributed by atoms with van der Waals surface area (Å²) in [4.78, 5) is 2.10. The van der Waals surface area contributed by atoms with Crippen LogP contribution in [0.15, 0.2) is 29.4 Å². The van der Waals surface area contributed by atoms with Crippen molar-refractivity contribution in [3.63, 3.8) is 0 Å². The number of fused-ring (bicyclic) bond motifs is 1. The monoisotopic (exact) mass is 250 g/mol. The Balaban J connectivity index is 2.19. The van der Waals surface area contributed by atoms with Gasteiger partial charge in [-0.3, -0.25) is 4.90 Å². The zero-order valence-electron chi connectivity index (χ0n) is 10.8. The van der Waals surface area contributed by atoms with Crippen LogP contribution in [0.4, 0.5) is 10.2 Å². The Morgan fingerprint density at radius 3 is 3.00 bits per heavy atom. The molecule has 1 aliphatic rings. The van der Waals surface area contributed by atoms with Gasteiger partial charge < -0.3 is 5.43 Å². The molecule has 2 rings (SSSR count). The summed E-state index contributed by atoms with van der Waals surface area (Å²) in [6.07, 6.45) is 0. The number of hydrogen-bond donors (Lipinski definition) is 1. The molecule has 0 aromatic heterocycles. The standard InChI is InChI=1S/C13H19FN4/c1-10(8-16-15-3)17-9-18(14)13-7-5-4-6-12(13)11(17)2/h4-7,10-11,16H,3,8-9H2,1-2H3/t10?,11-/m1/s1. The van der Waals surface area contributed by atoms with Crippen LogP contribution in [0.3, 0.4) is 0 Å². The Morgan fingerprint density at radius 2 is 2.28 bits per heavy atom. The topological polar surface area (TPSA) is 30.9 Å². The van der Waals surface area contributed by atoms with Gasteiger partial charge in [0.2, 0.25) is 0 Å². The molecule has 0 radical (unpaired) electrons. The molecule has 0 saturated carbocycles. The van der Waals surface area contributed by atoms with Gasteiger partial charge in [-0.15, -0.1) is 0 Å². The van der Waals surface area contributed by atoms with Crippen LogP contribution in [0, 0.1) is 0 Å². The molecule has 18 heavy (non-hydrogen) atoms. The Kier molecular flexibility index (Phi) is 3.81. The lowest BCUT2D eigenvalue weighted by Gasteiger charge is -2.41. The lowest BCUT2D eigenvalue weighted by molar-refractivity contribution is 0.117. The maximum Gasteiger partial charge on any atom is 0.103 e.